The molecule has 1 heterocycles. The van der Waals surface area contributed by atoms with Crippen molar-refractivity contribution in [3.8, 4) is 0 Å². The second-order valence-corrected chi connectivity index (χ2v) is 6.83. The van der Waals surface area contributed by atoms with E-state index in [1.807, 2.05) is 43.1 Å². The molecule has 0 radical (unpaired) electrons. The van der Waals surface area contributed by atoms with Gasteiger partial charge in [0.05, 0.1) is 11.5 Å². The van der Waals surface area contributed by atoms with Crippen LogP contribution in [0.2, 0.25) is 0 Å². The van der Waals surface area contributed by atoms with E-state index in [0.29, 0.717) is 17.5 Å². The van der Waals surface area contributed by atoms with E-state index in [4.69, 9.17) is 0 Å². The van der Waals surface area contributed by atoms with Gasteiger partial charge in [0.15, 0.2) is 0 Å². The lowest BCUT2D eigenvalue weighted by molar-refractivity contribution is -0.129. The zero-order chi connectivity index (χ0) is 16.7. The Kier molecular flexibility index (Phi) is 9.18. The summed E-state index contributed by atoms with van der Waals surface area (Å²) >= 11 is 1.38. The van der Waals surface area contributed by atoms with Crippen LogP contribution in [0.4, 0.5) is 5.69 Å². The van der Waals surface area contributed by atoms with Crippen molar-refractivity contribution in [2.75, 3.05) is 37.0 Å². The quantitative estimate of drug-likeness (QED) is 0.772. The topological polar surface area (TPSA) is 61.4 Å². The van der Waals surface area contributed by atoms with Gasteiger partial charge in [-0.25, -0.2) is 0 Å². The third kappa shape index (κ3) is 6.34. The predicted octanol–water partition coefficient (Wildman–Crippen LogP) is 2.30. The van der Waals surface area contributed by atoms with Crippen molar-refractivity contribution in [1.29, 1.82) is 0 Å². The number of hydrogen-bond donors (Lipinski definition) is 2. The van der Waals surface area contributed by atoms with Gasteiger partial charge in [-0.15, -0.1) is 24.2 Å². The van der Waals surface area contributed by atoms with Gasteiger partial charge in [0.2, 0.25) is 11.8 Å². The van der Waals surface area contributed by atoms with Crippen molar-refractivity contribution >= 4 is 41.7 Å². The van der Waals surface area contributed by atoms with Crippen LogP contribution in [0.15, 0.2) is 24.3 Å². The van der Waals surface area contributed by atoms with Gasteiger partial charge in [-0.1, -0.05) is 17.7 Å². The molecule has 1 unspecified atom stereocenters. The Hall–Kier alpha value is -1.24. The van der Waals surface area contributed by atoms with Crippen LogP contribution in [0, 0.1) is 6.92 Å². The molecule has 2 amide bonds. The summed E-state index contributed by atoms with van der Waals surface area (Å²) in [6, 6.07) is 7.99. The fourth-order valence-electron chi connectivity index (χ4n) is 2.76. The van der Waals surface area contributed by atoms with E-state index in [2.05, 4.69) is 10.6 Å². The first-order valence-corrected chi connectivity index (χ1v) is 9.14. The maximum Gasteiger partial charge on any atom is 0.234 e. The summed E-state index contributed by atoms with van der Waals surface area (Å²) in [5.41, 5.74) is 1.95. The van der Waals surface area contributed by atoms with Crippen LogP contribution in [0.1, 0.15) is 18.4 Å². The molecular formula is C17H26ClN3O2S. The number of carbonyl (C=O) groups is 2. The zero-order valence-corrected chi connectivity index (χ0v) is 15.8. The van der Waals surface area contributed by atoms with Crippen LogP contribution in [-0.2, 0) is 9.59 Å². The van der Waals surface area contributed by atoms with Crippen molar-refractivity contribution in [3.05, 3.63) is 29.8 Å². The molecule has 1 saturated heterocycles. The Balaban J connectivity index is 0.00000288. The third-order valence-electron chi connectivity index (χ3n) is 3.93. The number of anilines is 1. The molecule has 0 aliphatic carbocycles. The van der Waals surface area contributed by atoms with E-state index in [9.17, 15) is 9.59 Å². The number of nitrogens with zero attached hydrogens (tertiary/aromatic N) is 1. The highest BCUT2D eigenvalue weighted by molar-refractivity contribution is 8.00. The molecule has 0 aromatic heterocycles. The molecule has 5 nitrogen and oxygen atoms in total. The Morgan fingerprint density at radius 1 is 1.25 bits per heavy atom. The lowest BCUT2D eigenvalue weighted by atomic mass is 10.2. The number of halogens is 1. The SMILES string of the molecule is CNCC1CCCN1C(=O)CSCC(=O)Nc1ccc(C)cc1.Cl. The number of aryl methyl sites for hydroxylation is 1. The van der Waals surface area contributed by atoms with Crippen molar-refractivity contribution in [2.45, 2.75) is 25.8 Å². The fourth-order valence-corrected chi connectivity index (χ4v) is 3.46. The average molecular weight is 372 g/mol. The minimum absolute atomic E-state index is 0. The first-order chi connectivity index (χ1) is 11.1. The Morgan fingerprint density at radius 3 is 2.62 bits per heavy atom. The smallest absolute Gasteiger partial charge is 0.234 e. The Bertz CT molecular complexity index is 539. The number of nitrogens with one attached hydrogen (secondary N) is 2. The van der Waals surface area contributed by atoms with Crippen molar-refractivity contribution in [1.82, 2.24) is 10.2 Å². The second kappa shape index (κ2) is 10.6. The number of rotatable bonds is 7. The van der Waals surface area contributed by atoms with Crippen LogP contribution in [0.5, 0.6) is 0 Å². The molecular weight excluding hydrogens is 346 g/mol. The van der Waals surface area contributed by atoms with Gasteiger partial charge in [0.25, 0.3) is 0 Å². The zero-order valence-electron chi connectivity index (χ0n) is 14.2. The van der Waals surface area contributed by atoms with Crippen LogP contribution >= 0.6 is 24.2 Å². The Morgan fingerprint density at radius 2 is 1.96 bits per heavy atom. The van der Waals surface area contributed by atoms with Crippen LogP contribution in [-0.4, -0.2) is 54.4 Å². The van der Waals surface area contributed by atoms with Gasteiger partial charge >= 0.3 is 0 Å². The highest BCUT2D eigenvalue weighted by Gasteiger charge is 2.27. The van der Waals surface area contributed by atoms with E-state index in [-0.39, 0.29) is 24.2 Å². The van der Waals surface area contributed by atoms with E-state index >= 15 is 0 Å². The second-order valence-electron chi connectivity index (χ2n) is 5.85. The normalized spacial score (nSPS) is 16.6. The van der Waals surface area contributed by atoms with Crippen LogP contribution < -0.4 is 10.6 Å². The number of carbonyl (C=O) groups excluding carboxylic acids is 2. The Labute approximate surface area is 154 Å². The summed E-state index contributed by atoms with van der Waals surface area (Å²) in [7, 11) is 1.91. The largest absolute Gasteiger partial charge is 0.338 e. The van der Waals surface area contributed by atoms with Crippen molar-refractivity contribution in [2.24, 2.45) is 0 Å². The molecule has 1 aliphatic rings. The maximum atomic E-state index is 12.3. The van der Waals surface area contributed by atoms with E-state index in [1.165, 1.54) is 11.8 Å². The molecule has 1 atom stereocenters. The number of amides is 2. The van der Waals surface area contributed by atoms with Crippen LogP contribution in [0.25, 0.3) is 0 Å². The molecule has 0 saturated carbocycles. The number of hydrogen-bond acceptors (Lipinski definition) is 4. The summed E-state index contributed by atoms with van der Waals surface area (Å²) in [5.74, 6) is 0.724. The minimum Gasteiger partial charge on any atom is -0.338 e. The fraction of sp³-hybridized carbons (Fsp3) is 0.529. The molecule has 1 fully saturated rings. The van der Waals surface area contributed by atoms with E-state index in [0.717, 1.165) is 37.2 Å². The minimum atomic E-state index is -0.0696. The lowest BCUT2D eigenvalue weighted by Gasteiger charge is -2.24. The third-order valence-corrected chi connectivity index (χ3v) is 4.85. The summed E-state index contributed by atoms with van der Waals surface area (Å²) in [6.07, 6.45) is 2.13. The first-order valence-electron chi connectivity index (χ1n) is 7.98. The highest BCUT2D eigenvalue weighted by atomic mass is 35.5. The lowest BCUT2D eigenvalue weighted by Crippen LogP contribution is -2.41. The molecule has 0 bridgehead atoms. The van der Waals surface area contributed by atoms with Gasteiger partial charge in [-0.05, 0) is 38.9 Å². The average Bonchev–Trinajstić information content (AvgIpc) is 2.98. The molecule has 1 aromatic rings. The number of benzene rings is 1. The molecule has 1 aliphatic heterocycles. The summed E-state index contributed by atoms with van der Waals surface area (Å²) in [6.45, 7) is 3.68. The van der Waals surface area contributed by atoms with E-state index < -0.39 is 0 Å². The molecule has 0 spiro atoms. The molecule has 2 N–H and O–H groups in total. The van der Waals surface area contributed by atoms with Crippen molar-refractivity contribution in [3.63, 3.8) is 0 Å². The summed E-state index contributed by atoms with van der Waals surface area (Å²) in [4.78, 5) is 26.1. The van der Waals surface area contributed by atoms with E-state index in [1.54, 1.807) is 0 Å². The molecule has 7 heteroatoms. The number of likely N-dealkylation sites (tertiary alicyclic amines) is 1. The summed E-state index contributed by atoms with van der Waals surface area (Å²) in [5, 5.41) is 5.98. The van der Waals surface area contributed by atoms with Gasteiger partial charge < -0.3 is 15.5 Å². The van der Waals surface area contributed by atoms with Gasteiger partial charge in [-0.3, -0.25) is 9.59 Å². The number of likely N-dealkylation sites (N-methyl/N-ethyl adjacent to an activating group) is 1. The van der Waals surface area contributed by atoms with Gasteiger partial charge in [0.1, 0.15) is 0 Å². The molecule has 2 rings (SSSR count). The summed E-state index contributed by atoms with van der Waals surface area (Å²) < 4.78 is 0. The van der Waals surface area contributed by atoms with Gasteiger partial charge in [0, 0.05) is 24.8 Å². The van der Waals surface area contributed by atoms with Crippen LogP contribution in [0.3, 0.4) is 0 Å². The predicted molar refractivity (Wildman–Crippen MR) is 103 cm³/mol. The standard InChI is InChI=1S/C17H25N3O2S.ClH/c1-13-5-7-14(8-6-13)19-16(21)11-23-12-17(22)20-9-3-4-15(20)10-18-2;/h5-8,15,18H,3-4,9-12H2,1-2H3,(H,19,21);1H. The maximum absolute atomic E-state index is 12.3. The first kappa shape index (κ1) is 20.8. The molecule has 1 aromatic carbocycles. The van der Waals surface area contributed by atoms with Gasteiger partial charge in [-0.2, -0.15) is 0 Å². The molecule has 24 heavy (non-hydrogen) atoms. The molecule has 134 valence electrons. The highest BCUT2D eigenvalue weighted by Crippen LogP contribution is 2.18. The number of thioether (sulfide) groups is 1. The van der Waals surface area contributed by atoms with Crippen molar-refractivity contribution < 1.29 is 9.59 Å². The monoisotopic (exact) mass is 371 g/mol.